The zero-order chi connectivity index (χ0) is 16.7. The lowest BCUT2D eigenvalue weighted by molar-refractivity contribution is -0.115. The van der Waals surface area contributed by atoms with Crippen LogP contribution in [0.15, 0.2) is 33.5 Å². The van der Waals surface area contributed by atoms with Gasteiger partial charge < -0.3 is 5.32 Å². The highest BCUT2D eigenvalue weighted by Crippen LogP contribution is 2.41. The zero-order valence-electron chi connectivity index (χ0n) is 13.5. The van der Waals surface area contributed by atoms with Crippen molar-refractivity contribution in [2.75, 3.05) is 0 Å². The molecule has 1 aliphatic heterocycles. The van der Waals surface area contributed by atoms with E-state index in [1.807, 2.05) is 43.5 Å². The highest BCUT2D eigenvalue weighted by Gasteiger charge is 2.27. The summed E-state index contributed by atoms with van der Waals surface area (Å²) in [5.41, 5.74) is 3.99. The summed E-state index contributed by atoms with van der Waals surface area (Å²) in [6, 6.07) is 6.07. The highest BCUT2D eigenvalue weighted by molar-refractivity contribution is 8.18. The van der Waals surface area contributed by atoms with Gasteiger partial charge in [0.15, 0.2) is 5.17 Å². The number of thiazole rings is 1. The summed E-state index contributed by atoms with van der Waals surface area (Å²) in [5.74, 6) is 0.541. The molecule has 2 aliphatic rings. The number of aliphatic imine (C=N–C) groups is 1. The molecule has 1 aliphatic carbocycles. The van der Waals surface area contributed by atoms with Crippen molar-refractivity contribution < 1.29 is 4.79 Å². The molecule has 4 nitrogen and oxygen atoms in total. The number of aryl methyl sites for hydroxylation is 2. The Bertz CT molecular complexity index is 858. The first-order valence-electron chi connectivity index (χ1n) is 7.91. The Balaban J connectivity index is 1.58. The second-order valence-corrected chi connectivity index (χ2v) is 8.03. The normalized spacial score (nSPS) is 20.8. The average molecular weight is 355 g/mol. The molecular formula is C18H17N3OS2. The number of amides is 1. The number of aromatic nitrogens is 1. The van der Waals surface area contributed by atoms with Gasteiger partial charge in [0.2, 0.25) is 0 Å². The number of thioether (sulfide) groups is 1. The Hall–Kier alpha value is -1.92. The summed E-state index contributed by atoms with van der Waals surface area (Å²) in [4.78, 5) is 22.1. The fourth-order valence-corrected chi connectivity index (χ4v) is 4.34. The first kappa shape index (κ1) is 15.6. The number of hydrogen-bond acceptors (Lipinski definition) is 5. The van der Waals surface area contributed by atoms with Crippen LogP contribution in [-0.4, -0.2) is 16.1 Å². The SMILES string of the molecule is Cc1cccc(C)c1N=C1NC(=O)C(=Cc2csc(C3CC3)n2)S1. The summed E-state index contributed by atoms with van der Waals surface area (Å²) in [5, 5.41) is 6.69. The summed E-state index contributed by atoms with van der Waals surface area (Å²) < 4.78 is 0. The van der Waals surface area contributed by atoms with Crippen LogP contribution in [0.4, 0.5) is 5.69 Å². The number of amidine groups is 1. The van der Waals surface area contributed by atoms with Gasteiger partial charge in [-0.3, -0.25) is 4.79 Å². The first-order chi connectivity index (χ1) is 11.6. The molecule has 1 amide bonds. The van der Waals surface area contributed by atoms with Gasteiger partial charge >= 0.3 is 0 Å². The second-order valence-electron chi connectivity index (χ2n) is 6.11. The summed E-state index contributed by atoms with van der Waals surface area (Å²) >= 11 is 3.06. The van der Waals surface area contributed by atoms with Crippen molar-refractivity contribution in [1.82, 2.24) is 10.3 Å². The molecule has 2 aromatic rings. The molecule has 2 fully saturated rings. The van der Waals surface area contributed by atoms with Crippen LogP contribution in [-0.2, 0) is 4.79 Å². The van der Waals surface area contributed by atoms with Gasteiger partial charge in [-0.1, -0.05) is 18.2 Å². The van der Waals surface area contributed by atoms with E-state index in [0.29, 0.717) is 16.0 Å². The largest absolute Gasteiger partial charge is 0.300 e. The fraction of sp³-hybridized carbons (Fsp3) is 0.278. The van der Waals surface area contributed by atoms with Gasteiger partial charge in [-0.25, -0.2) is 9.98 Å². The van der Waals surface area contributed by atoms with E-state index >= 15 is 0 Å². The lowest BCUT2D eigenvalue weighted by Gasteiger charge is -2.04. The molecule has 6 heteroatoms. The lowest BCUT2D eigenvalue weighted by Crippen LogP contribution is -2.19. The minimum Gasteiger partial charge on any atom is -0.300 e. The summed E-state index contributed by atoms with van der Waals surface area (Å²) in [6.07, 6.45) is 4.34. The number of carbonyl (C=O) groups excluding carboxylic acids is 1. The van der Waals surface area contributed by atoms with E-state index in [0.717, 1.165) is 22.5 Å². The van der Waals surface area contributed by atoms with Crippen molar-refractivity contribution in [3.63, 3.8) is 0 Å². The third kappa shape index (κ3) is 3.16. The van der Waals surface area contributed by atoms with Crippen LogP contribution < -0.4 is 5.32 Å². The van der Waals surface area contributed by atoms with Gasteiger partial charge in [-0.15, -0.1) is 11.3 Å². The van der Waals surface area contributed by atoms with Gasteiger partial charge in [0.05, 0.1) is 21.3 Å². The van der Waals surface area contributed by atoms with E-state index < -0.39 is 0 Å². The molecule has 24 heavy (non-hydrogen) atoms. The average Bonchev–Trinajstić information content (AvgIpc) is 3.20. The molecule has 1 N–H and O–H groups in total. The third-order valence-electron chi connectivity index (χ3n) is 4.05. The molecule has 1 aromatic carbocycles. The minimum absolute atomic E-state index is 0.106. The highest BCUT2D eigenvalue weighted by atomic mass is 32.2. The molecule has 0 radical (unpaired) electrons. The second kappa shape index (κ2) is 6.18. The van der Waals surface area contributed by atoms with E-state index in [1.165, 1.54) is 29.6 Å². The smallest absolute Gasteiger partial charge is 0.264 e. The number of carbonyl (C=O) groups is 1. The number of nitrogens with one attached hydrogen (secondary N) is 1. The molecule has 1 aromatic heterocycles. The van der Waals surface area contributed by atoms with E-state index in [4.69, 9.17) is 0 Å². The topological polar surface area (TPSA) is 54.4 Å². The monoisotopic (exact) mass is 355 g/mol. The van der Waals surface area contributed by atoms with Gasteiger partial charge in [0, 0.05) is 11.3 Å². The van der Waals surface area contributed by atoms with Crippen molar-refractivity contribution in [3.8, 4) is 0 Å². The number of rotatable bonds is 3. The first-order valence-corrected chi connectivity index (χ1v) is 9.61. The van der Waals surface area contributed by atoms with Crippen LogP contribution in [0.3, 0.4) is 0 Å². The van der Waals surface area contributed by atoms with Crippen molar-refractivity contribution in [2.45, 2.75) is 32.6 Å². The number of nitrogens with zero attached hydrogens (tertiary/aromatic N) is 2. The van der Waals surface area contributed by atoms with Crippen LogP contribution in [0.2, 0.25) is 0 Å². The quantitative estimate of drug-likeness (QED) is 0.823. The van der Waals surface area contributed by atoms with Gasteiger partial charge in [0.25, 0.3) is 5.91 Å². The van der Waals surface area contributed by atoms with Gasteiger partial charge in [-0.2, -0.15) is 0 Å². The molecule has 1 saturated carbocycles. The fourth-order valence-electron chi connectivity index (χ4n) is 2.58. The molecule has 2 heterocycles. The lowest BCUT2D eigenvalue weighted by atomic mass is 10.1. The maximum atomic E-state index is 12.2. The van der Waals surface area contributed by atoms with Crippen LogP contribution in [0.25, 0.3) is 6.08 Å². The van der Waals surface area contributed by atoms with E-state index in [9.17, 15) is 4.79 Å². The van der Waals surface area contributed by atoms with Crippen LogP contribution in [0, 0.1) is 13.8 Å². The standard InChI is InChI=1S/C18H17N3OS2/c1-10-4-3-5-11(2)15(10)20-18-21-16(22)14(24-18)8-13-9-23-17(19-13)12-6-7-12/h3-5,8-9,12H,6-7H2,1-2H3,(H,20,21,22). The molecule has 0 unspecified atom stereocenters. The summed E-state index contributed by atoms with van der Waals surface area (Å²) in [7, 11) is 0. The molecule has 1 saturated heterocycles. The molecule has 0 spiro atoms. The maximum Gasteiger partial charge on any atom is 0.264 e. The van der Waals surface area contributed by atoms with E-state index in [2.05, 4.69) is 15.3 Å². The van der Waals surface area contributed by atoms with Gasteiger partial charge in [-0.05, 0) is 55.7 Å². The molecule has 4 rings (SSSR count). The van der Waals surface area contributed by atoms with Crippen molar-refractivity contribution in [3.05, 3.63) is 50.3 Å². The molecule has 0 bridgehead atoms. The molecule has 122 valence electrons. The number of para-hydroxylation sites is 1. The predicted octanol–water partition coefficient (Wildman–Crippen LogP) is 4.53. The Morgan fingerprint density at radius 1 is 1.29 bits per heavy atom. The van der Waals surface area contributed by atoms with E-state index in [1.54, 1.807) is 11.3 Å². The van der Waals surface area contributed by atoms with Crippen molar-refractivity contribution in [1.29, 1.82) is 0 Å². The Morgan fingerprint density at radius 3 is 2.75 bits per heavy atom. The number of benzene rings is 1. The third-order valence-corrected chi connectivity index (χ3v) is 5.98. The maximum absolute atomic E-state index is 12.2. The van der Waals surface area contributed by atoms with Crippen LogP contribution in [0.5, 0.6) is 0 Å². The predicted molar refractivity (Wildman–Crippen MR) is 101 cm³/mol. The van der Waals surface area contributed by atoms with E-state index in [-0.39, 0.29) is 5.91 Å². The van der Waals surface area contributed by atoms with Crippen molar-refractivity contribution in [2.24, 2.45) is 4.99 Å². The van der Waals surface area contributed by atoms with Crippen LogP contribution in [0.1, 0.15) is 40.6 Å². The Morgan fingerprint density at radius 2 is 2.04 bits per heavy atom. The molecular weight excluding hydrogens is 338 g/mol. The van der Waals surface area contributed by atoms with Crippen molar-refractivity contribution >= 4 is 45.9 Å². The Kier molecular flexibility index (Phi) is 4.02. The number of hydrogen-bond donors (Lipinski definition) is 1. The Labute approximate surface area is 149 Å². The summed E-state index contributed by atoms with van der Waals surface area (Å²) in [6.45, 7) is 4.05. The van der Waals surface area contributed by atoms with Gasteiger partial charge in [0.1, 0.15) is 0 Å². The minimum atomic E-state index is -0.106. The van der Waals surface area contributed by atoms with Crippen LogP contribution >= 0.6 is 23.1 Å². The molecule has 0 atom stereocenters. The zero-order valence-corrected chi connectivity index (χ0v) is 15.1.